The normalized spacial score (nSPS) is 21.8. The summed E-state index contributed by atoms with van der Waals surface area (Å²) >= 11 is 3.46. The summed E-state index contributed by atoms with van der Waals surface area (Å²) in [7, 11) is 0. The van der Waals surface area contributed by atoms with Crippen LogP contribution in [0.3, 0.4) is 0 Å². The topological polar surface area (TPSA) is 66.4 Å². The average Bonchev–Trinajstić information content (AvgIpc) is 2.83. The zero-order valence-corrected chi connectivity index (χ0v) is 13.2. The first-order chi connectivity index (χ1) is 9.38. The van der Waals surface area contributed by atoms with Crippen molar-refractivity contribution in [2.45, 2.75) is 33.1 Å². The molecular weight excluding hydrogens is 322 g/mol. The van der Waals surface area contributed by atoms with Crippen LogP contribution in [0.25, 0.3) is 0 Å². The van der Waals surface area contributed by atoms with Crippen LogP contribution in [0.1, 0.15) is 30.4 Å². The van der Waals surface area contributed by atoms with Crippen LogP contribution in [0.15, 0.2) is 16.6 Å². The Labute approximate surface area is 126 Å². The number of carbonyl (C=O) groups excluding carboxylic acids is 1. The van der Waals surface area contributed by atoms with Crippen molar-refractivity contribution < 1.29 is 14.7 Å². The maximum atomic E-state index is 12.2. The quantitative estimate of drug-likeness (QED) is 0.885. The lowest BCUT2D eigenvalue weighted by molar-refractivity contribution is -0.141. The number of carbonyl (C=O) groups is 2. The van der Waals surface area contributed by atoms with Crippen molar-refractivity contribution in [2.24, 2.45) is 11.8 Å². The summed E-state index contributed by atoms with van der Waals surface area (Å²) in [6.45, 7) is 3.94. The Morgan fingerprint density at radius 1 is 1.25 bits per heavy atom. The van der Waals surface area contributed by atoms with Gasteiger partial charge in [-0.1, -0.05) is 6.07 Å². The first-order valence-corrected chi connectivity index (χ1v) is 7.48. The van der Waals surface area contributed by atoms with Crippen LogP contribution < -0.4 is 5.32 Å². The van der Waals surface area contributed by atoms with Gasteiger partial charge in [0.25, 0.3) is 0 Å². The van der Waals surface area contributed by atoms with Crippen molar-refractivity contribution in [3.8, 4) is 0 Å². The maximum absolute atomic E-state index is 12.2. The van der Waals surface area contributed by atoms with E-state index in [-0.39, 0.29) is 17.7 Å². The van der Waals surface area contributed by atoms with E-state index >= 15 is 0 Å². The van der Waals surface area contributed by atoms with Gasteiger partial charge < -0.3 is 10.4 Å². The number of benzene rings is 1. The minimum absolute atomic E-state index is 0.0820. The van der Waals surface area contributed by atoms with Crippen molar-refractivity contribution in [3.05, 3.63) is 27.7 Å². The molecule has 0 aromatic heterocycles. The van der Waals surface area contributed by atoms with Crippen LogP contribution in [0.5, 0.6) is 0 Å². The van der Waals surface area contributed by atoms with Crippen molar-refractivity contribution in [2.75, 3.05) is 5.32 Å². The molecule has 1 amide bonds. The molecule has 2 rings (SSSR count). The highest BCUT2D eigenvalue weighted by molar-refractivity contribution is 9.10. The number of carboxylic acids is 1. The summed E-state index contributed by atoms with van der Waals surface area (Å²) in [6.07, 6.45) is 1.66. The summed E-state index contributed by atoms with van der Waals surface area (Å²) in [6, 6.07) is 3.96. The third-order valence-corrected chi connectivity index (χ3v) is 4.46. The van der Waals surface area contributed by atoms with E-state index < -0.39 is 5.97 Å². The van der Waals surface area contributed by atoms with Crippen LogP contribution in [0, 0.1) is 25.7 Å². The van der Waals surface area contributed by atoms with Gasteiger partial charge in [0.2, 0.25) is 5.91 Å². The average molecular weight is 340 g/mol. The number of anilines is 1. The second-order valence-corrected chi connectivity index (χ2v) is 6.33. The molecular formula is C15H18BrNO3. The summed E-state index contributed by atoms with van der Waals surface area (Å²) < 4.78 is 0.858. The first kappa shape index (κ1) is 15.0. The van der Waals surface area contributed by atoms with E-state index in [2.05, 4.69) is 21.2 Å². The van der Waals surface area contributed by atoms with Crippen molar-refractivity contribution >= 4 is 33.5 Å². The fourth-order valence-electron chi connectivity index (χ4n) is 2.74. The first-order valence-electron chi connectivity index (χ1n) is 6.69. The Morgan fingerprint density at radius 3 is 2.45 bits per heavy atom. The molecule has 0 saturated heterocycles. The monoisotopic (exact) mass is 339 g/mol. The number of carboxylic acid groups (broad SMARTS) is 1. The van der Waals surface area contributed by atoms with E-state index in [0.29, 0.717) is 19.3 Å². The van der Waals surface area contributed by atoms with Gasteiger partial charge in [0.05, 0.1) is 11.6 Å². The summed E-state index contributed by atoms with van der Waals surface area (Å²) in [4.78, 5) is 23.2. The summed E-state index contributed by atoms with van der Waals surface area (Å²) in [5.74, 6) is -1.47. The number of hydrogen-bond donors (Lipinski definition) is 2. The van der Waals surface area contributed by atoms with Crippen LogP contribution in [-0.2, 0) is 9.59 Å². The zero-order valence-electron chi connectivity index (χ0n) is 11.6. The van der Waals surface area contributed by atoms with Crippen molar-refractivity contribution in [1.29, 1.82) is 0 Å². The SMILES string of the molecule is Cc1cc(C)c(NC(=O)[C@@H]2CC[C@H](C(=O)O)C2)c(Br)c1. The molecule has 1 saturated carbocycles. The molecule has 2 atom stereocenters. The Hall–Kier alpha value is -1.36. The molecule has 0 bridgehead atoms. The summed E-state index contributed by atoms with van der Waals surface area (Å²) in [5, 5.41) is 11.9. The third-order valence-electron chi connectivity index (χ3n) is 3.83. The Kier molecular flexibility index (Phi) is 4.48. The maximum Gasteiger partial charge on any atom is 0.306 e. The number of amides is 1. The summed E-state index contributed by atoms with van der Waals surface area (Å²) in [5.41, 5.74) is 2.90. The molecule has 1 aromatic rings. The molecule has 0 spiro atoms. The van der Waals surface area contributed by atoms with Crippen molar-refractivity contribution in [1.82, 2.24) is 0 Å². The van der Waals surface area contributed by atoms with Crippen LogP contribution in [-0.4, -0.2) is 17.0 Å². The van der Waals surface area contributed by atoms with Gasteiger partial charge in [-0.25, -0.2) is 0 Å². The molecule has 4 nitrogen and oxygen atoms in total. The molecule has 1 fully saturated rings. The van der Waals surface area contributed by atoms with E-state index in [1.165, 1.54) is 0 Å². The van der Waals surface area contributed by atoms with Gasteiger partial charge in [0, 0.05) is 10.4 Å². The molecule has 0 unspecified atom stereocenters. The lowest BCUT2D eigenvalue weighted by Gasteiger charge is -2.15. The largest absolute Gasteiger partial charge is 0.481 e. The lowest BCUT2D eigenvalue weighted by Crippen LogP contribution is -2.22. The second kappa shape index (κ2) is 5.95. The molecule has 0 radical (unpaired) electrons. The van der Waals surface area contributed by atoms with Gasteiger partial charge in [0.15, 0.2) is 0 Å². The molecule has 0 heterocycles. The molecule has 0 aliphatic heterocycles. The number of aryl methyl sites for hydroxylation is 2. The highest BCUT2D eigenvalue weighted by atomic mass is 79.9. The number of aliphatic carboxylic acids is 1. The van der Waals surface area contributed by atoms with E-state index in [9.17, 15) is 9.59 Å². The standard InChI is InChI=1S/C15H18BrNO3/c1-8-5-9(2)13(12(16)6-8)17-14(18)10-3-4-11(7-10)15(19)20/h5-6,10-11H,3-4,7H2,1-2H3,(H,17,18)(H,19,20)/t10-,11+/m1/s1. The van der Waals surface area contributed by atoms with Gasteiger partial charge in [-0.15, -0.1) is 0 Å². The van der Waals surface area contributed by atoms with Gasteiger partial charge in [-0.2, -0.15) is 0 Å². The van der Waals surface area contributed by atoms with E-state index in [1.54, 1.807) is 0 Å². The Morgan fingerprint density at radius 2 is 1.90 bits per heavy atom. The van der Waals surface area contributed by atoms with E-state index in [4.69, 9.17) is 5.11 Å². The third kappa shape index (κ3) is 3.20. The van der Waals surface area contributed by atoms with Crippen LogP contribution >= 0.6 is 15.9 Å². The number of nitrogens with one attached hydrogen (secondary N) is 1. The molecule has 1 aliphatic carbocycles. The molecule has 1 aromatic carbocycles. The van der Waals surface area contributed by atoms with Gasteiger partial charge >= 0.3 is 5.97 Å². The van der Waals surface area contributed by atoms with Crippen molar-refractivity contribution in [3.63, 3.8) is 0 Å². The van der Waals surface area contributed by atoms with Gasteiger partial charge in [0.1, 0.15) is 0 Å². The smallest absolute Gasteiger partial charge is 0.306 e. The highest BCUT2D eigenvalue weighted by Crippen LogP contribution is 2.34. The predicted octanol–water partition coefficient (Wildman–Crippen LogP) is 3.51. The fraction of sp³-hybridized carbons (Fsp3) is 0.467. The van der Waals surface area contributed by atoms with E-state index in [0.717, 1.165) is 21.3 Å². The number of rotatable bonds is 3. The number of hydrogen-bond acceptors (Lipinski definition) is 2. The second-order valence-electron chi connectivity index (χ2n) is 5.47. The molecule has 20 heavy (non-hydrogen) atoms. The van der Waals surface area contributed by atoms with Crippen LogP contribution in [0.4, 0.5) is 5.69 Å². The Balaban J connectivity index is 2.08. The molecule has 108 valence electrons. The van der Waals surface area contributed by atoms with Gasteiger partial charge in [-0.05, 0) is 66.2 Å². The highest BCUT2D eigenvalue weighted by Gasteiger charge is 2.34. The van der Waals surface area contributed by atoms with Crippen LogP contribution in [0.2, 0.25) is 0 Å². The number of halogens is 1. The zero-order chi connectivity index (χ0) is 14.9. The van der Waals surface area contributed by atoms with E-state index in [1.807, 2.05) is 26.0 Å². The lowest BCUT2D eigenvalue weighted by atomic mass is 10.0. The minimum atomic E-state index is -0.798. The van der Waals surface area contributed by atoms with Gasteiger partial charge in [-0.3, -0.25) is 9.59 Å². The Bertz CT molecular complexity index is 533. The molecule has 2 N–H and O–H groups in total. The predicted molar refractivity (Wildman–Crippen MR) is 80.7 cm³/mol. The minimum Gasteiger partial charge on any atom is -0.481 e. The molecule has 1 aliphatic rings. The fourth-order valence-corrected chi connectivity index (χ4v) is 3.52. The molecule has 5 heteroatoms.